The lowest BCUT2D eigenvalue weighted by Gasteiger charge is -2.46. The van der Waals surface area contributed by atoms with Gasteiger partial charge < -0.3 is 10.6 Å². The Kier molecular flexibility index (Phi) is 6.64. The molecule has 0 bridgehead atoms. The molecule has 2 N–H and O–H groups in total. The summed E-state index contributed by atoms with van der Waals surface area (Å²) in [4.78, 5) is 2.38. The second kappa shape index (κ2) is 8.43. The van der Waals surface area contributed by atoms with E-state index >= 15 is 0 Å². The zero-order valence-electron chi connectivity index (χ0n) is 19.1. The summed E-state index contributed by atoms with van der Waals surface area (Å²) >= 11 is 0. The standard InChI is InChI=1S/C23H30N2.C3H8/c1-7-23(6)19-11-9-8-10-18(19)16(2)15-25(23)21-14-17(22(3,4)5)12-13-20(21)24;1-3-2/h8-15H,7,24H2,1-6H3;3H2,1-2H3. The maximum Gasteiger partial charge on any atom is 0.0672 e. The van der Waals surface area contributed by atoms with Crippen molar-refractivity contribution < 1.29 is 0 Å². The molecule has 0 fully saturated rings. The fraction of sp³-hybridized carbons (Fsp3) is 0.462. The van der Waals surface area contributed by atoms with Gasteiger partial charge in [-0.05, 0) is 60.1 Å². The van der Waals surface area contributed by atoms with Crippen molar-refractivity contribution in [3.05, 3.63) is 65.4 Å². The number of nitrogens with zero attached hydrogens (tertiary/aromatic N) is 1. The summed E-state index contributed by atoms with van der Waals surface area (Å²) in [5.41, 5.74) is 13.7. The third-order valence-corrected chi connectivity index (χ3v) is 5.63. The highest BCUT2D eigenvalue weighted by atomic mass is 15.2. The second-order valence-electron chi connectivity index (χ2n) is 9.09. The summed E-state index contributed by atoms with van der Waals surface area (Å²) in [6, 6.07) is 15.2. The summed E-state index contributed by atoms with van der Waals surface area (Å²) < 4.78 is 0. The number of allylic oxidation sites excluding steroid dienone is 1. The van der Waals surface area contributed by atoms with Gasteiger partial charge in [-0.2, -0.15) is 0 Å². The molecule has 2 heteroatoms. The van der Waals surface area contributed by atoms with Crippen molar-refractivity contribution in [2.24, 2.45) is 0 Å². The topological polar surface area (TPSA) is 29.3 Å². The van der Waals surface area contributed by atoms with Gasteiger partial charge in [-0.25, -0.2) is 0 Å². The highest BCUT2D eigenvalue weighted by Crippen LogP contribution is 2.46. The van der Waals surface area contributed by atoms with E-state index in [-0.39, 0.29) is 11.0 Å². The fourth-order valence-corrected chi connectivity index (χ4v) is 3.75. The van der Waals surface area contributed by atoms with Gasteiger partial charge >= 0.3 is 0 Å². The molecule has 3 rings (SSSR count). The van der Waals surface area contributed by atoms with Crippen molar-refractivity contribution in [3.8, 4) is 0 Å². The van der Waals surface area contributed by atoms with Crippen molar-refractivity contribution in [2.45, 2.75) is 79.2 Å². The highest BCUT2D eigenvalue weighted by Gasteiger charge is 2.37. The van der Waals surface area contributed by atoms with E-state index < -0.39 is 0 Å². The predicted molar refractivity (Wildman–Crippen MR) is 126 cm³/mol. The van der Waals surface area contributed by atoms with Gasteiger partial charge in [-0.15, -0.1) is 0 Å². The van der Waals surface area contributed by atoms with Crippen molar-refractivity contribution in [3.63, 3.8) is 0 Å². The lowest BCUT2D eigenvalue weighted by Crippen LogP contribution is -2.43. The molecule has 0 aliphatic carbocycles. The maximum absolute atomic E-state index is 6.43. The average Bonchev–Trinajstić information content (AvgIpc) is 2.65. The van der Waals surface area contributed by atoms with E-state index in [1.807, 2.05) is 0 Å². The highest BCUT2D eigenvalue weighted by molar-refractivity contribution is 5.80. The van der Waals surface area contributed by atoms with Crippen LogP contribution in [-0.2, 0) is 11.0 Å². The Morgan fingerprint density at radius 3 is 2.18 bits per heavy atom. The Balaban J connectivity index is 0.000000878. The van der Waals surface area contributed by atoms with Crippen LogP contribution in [0.2, 0.25) is 0 Å². The molecular weight excluding hydrogens is 340 g/mol. The molecule has 2 nitrogen and oxygen atoms in total. The van der Waals surface area contributed by atoms with Crippen LogP contribution in [0.4, 0.5) is 11.4 Å². The number of nitrogen functional groups attached to an aromatic ring is 1. The molecule has 0 aromatic heterocycles. The number of rotatable bonds is 2. The van der Waals surface area contributed by atoms with Gasteiger partial charge in [0.1, 0.15) is 0 Å². The molecule has 0 amide bonds. The van der Waals surface area contributed by atoms with Gasteiger partial charge in [0.25, 0.3) is 0 Å². The summed E-state index contributed by atoms with van der Waals surface area (Å²) in [6.45, 7) is 17.7. The number of hydrogen-bond acceptors (Lipinski definition) is 2. The van der Waals surface area contributed by atoms with E-state index in [2.05, 4.69) is 109 Å². The molecule has 0 saturated carbocycles. The number of hydrogen-bond donors (Lipinski definition) is 1. The predicted octanol–water partition coefficient (Wildman–Crippen LogP) is 7.49. The molecule has 28 heavy (non-hydrogen) atoms. The van der Waals surface area contributed by atoms with Crippen molar-refractivity contribution in [1.29, 1.82) is 0 Å². The maximum atomic E-state index is 6.43. The molecule has 1 aliphatic rings. The van der Waals surface area contributed by atoms with Crippen molar-refractivity contribution >= 4 is 16.9 Å². The van der Waals surface area contributed by atoms with Gasteiger partial charge in [0.15, 0.2) is 0 Å². The van der Waals surface area contributed by atoms with Crippen molar-refractivity contribution in [2.75, 3.05) is 10.6 Å². The van der Waals surface area contributed by atoms with Gasteiger partial charge in [-0.3, -0.25) is 0 Å². The molecule has 0 spiro atoms. The number of fused-ring (bicyclic) bond motifs is 1. The SMILES string of the molecule is CCC.CCC1(C)c2ccccc2C(C)=CN1c1cc(C(C)(C)C)ccc1N. The third-order valence-electron chi connectivity index (χ3n) is 5.63. The van der Waals surface area contributed by atoms with Crippen LogP contribution in [0.5, 0.6) is 0 Å². The van der Waals surface area contributed by atoms with E-state index in [9.17, 15) is 0 Å². The van der Waals surface area contributed by atoms with Gasteiger partial charge in [0.05, 0.1) is 16.9 Å². The minimum absolute atomic E-state index is 0.0948. The van der Waals surface area contributed by atoms with Crippen LogP contribution in [0.15, 0.2) is 48.7 Å². The summed E-state index contributed by atoms with van der Waals surface area (Å²) in [5.74, 6) is 0. The quantitative estimate of drug-likeness (QED) is 0.548. The van der Waals surface area contributed by atoms with E-state index in [4.69, 9.17) is 5.73 Å². The van der Waals surface area contributed by atoms with E-state index in [0.717, 1.165) is 17.8 Å². The van der Waals surface area contributed by atoms with E-state index in [1.54, 1.807) is 0 Å². The zero-order chi connectivity index (χ0) is 21.1. The van der Waals surface area contributed by atoms with Crippen LogP contribution >= 0.6 is 0 Å². The van der Waals surface area contributed by atoms with Crippen LogP contribution in [-0.4, -0.2) is 0 Å². The first-order chi connectivity index (χ1) is 13.1. The summed E-state index contributed by atoms with van der Waals surface area (Å²) in [6.07, 6.45) is 4.52. The van der Waals surface area contributed by atoms with Crippen LogP contribution < -0.4 is 10.6 Å². The van der Waals surface area contributed by atoms with Gasteiger partial charge in [-0.1, -0.05) is 78.3 Å². The van der Waals surface area contributed by atoms with Gasteiger partial charge in [0.2, 0.25) is 0 Å². The smallest absolute Gasteiger partial charge is 0.0672 e. The zero-order valence-corrected chi connectivity index (χ0v) is 19.1. The fourth-order valence-electron chi connectivity index (χ4n) is 3.75. The Morgan fingerprint density at radius 1 is 1.00 bits per heavy atom. The van der Waals surface area contributed by atoms with E-state index in [1.165, 1.54) is 28.7 Å². The van der Waals surface area contributed by atoms with Crippen LogP contribution in [0, 0.1) is 0 Å². The average molecular weight is 379 g/mol. The Bertz CT molecular complexity index is 842. The van der Waals surface area contributed by atoms with Crippen LogP contribution in [0.25, 0.3) is 5.57 Å². The van der Waals surface area contributed by atoms with E-state index in [0.29, 0.717) is 0 Å². The number of benzene rings is 2. The summed E-state index contributed by atoms with van der Waals surface area (Å²) in [7, 11) is 0. The molecule has 0 radical (unpaired) electrons. The second-order valence-corrected chi connectivity index (χ2v) is 9.09. The molecule has 1 aliphatic heterocycles. The number of nitrogens with two attached hydrogens (primary N) is 1. The molecule has 0 saturated heterocycles. The molecule has 2 aromatic rings. The Hall–Kier alpha value is -2.22. The Labute approximate surface area is 172 Å². The molecule has 1 unspecified atom stereocenters. The lowest BCUT2D eigenvalue weighted by atomic mass is 9.79. The first-order valence-corrected chi connectivity index (χ1v) is 10.6. The minimum Gasteiger partial charge on any atom is -0.397 e. The largest absolute Gasteiger partial charge is 0.397 e. The monoisotopic (exact) mass is 378 g/mol. The molecule has 1 atom stereocenters. The molecule has 152 valence electrons. The molecular formula is C26H38N2. The summed E-state index contributed by atoms with van der Waals surface area (Å²) in [5, 5.41) is 0. The normalized spacial score (nSPS) is 18.7. The molecule has 2 aromatic carbocycles. The number of anilines is 2. The van der Waals surface area contributed by atoms with Gasteiger partial charge in [0, 0.05) is 6.20 Å². The van der Waals surface area contributed by atoms with Crippen LogP contribution in [0.3, 0.4) is 0 Å². The van der Waals surface area contributed by atoms with Crippen LogP contribution in [0.1, 0.15) is 84.9 Å². The Morgan fingerprint density at radius 2 is 1.61 bits per heavy atom. The lowest BCUT2D eigenvalue weighted by molar-refractivity contribution is 0.454. The van der Waals surface area contributed by atoms with Crippen molar-refractivity contribution in [1.82, 2.24) is 0 Å². The first kappa shape index (κ1) is 22.1. The molecule has 1 heterocycles. The third kappa shape index (κ3) is 4.11. The first-order valence-electron chi connectivity index (χ1n) is 10.6. The minimum atomic E-state index is -0.110.